The molecule has 1 aromatic heterocycles. The van der Waals surface area contributed by atoms with Gasteiger partial charge in [0.2, 0.25) is 16.0 Å². The number of ether oxygens (including phenoxy) is 2. The molecule has 31 heavy (non-hydrogen) atoms. The van der Waals surface area contributed by atoms with E-state index in [9.17, 15) is 8.42 Å². The van der Waals surface area contributed by atoms with Crippen molar-refractivity contribution in [3.8, 4) is 11.5 Å². The smallest absolute Gasteiger partial charge is 0.246 e. The summed E-state index contributed by atoms with van der Waals surface area (Å²) < 4.78 is 41.1. The fourth-order valence-corrected chi connectivity index (χ4v) is 6.57. The maximum atomic E-state index is 13.4. The summed E-state index contributed by atoms with van der Waals surface area (Å²) in [5.41, 5.74) is 2.08. The number of para-hydroxylation sites is 2. The Morgan fingerprint density at radius 3 is 2.32 bits per heavy atom. The second-order valence-electron chi connectivity index (χ2n) is 8.22. The minimum Gasteiger partial charge on any atom is -0.497 e. The molecule has 2 aliphatic rings. The first-order chi connectivity index (χ1) is 14.9. The average molecular weight is 443 g/mol. The van der Waals surface area contributed by atoms with Crippen molar-refractivity contribution in [1.29, 1.82) is 0 Å². The molecule has 3 heterocycles. The van der Waals surface area contributed by atoms with Gasteiger partial charge in [-0.25, -0.2) is 13.4 Å². The second-order valence-corrected chi connectivity index (χ2v) is 10.1. The highest BCUT2D eigenvalue weighted by Gasteiger charge is 2.45. The van der Waals surface area contributed by atoms with E-state index < -0.39 is 10.0 Å². The maximum Gasteiger partial charge on any atom is 0.246 e. The van der Waals surface area contributed by atoms with Crippen LogP contribution in [0.5, 0.6) is 11.5 Å². The number of hydrogen-bond acceptors (Lipinski definition) is 6. The summed E-state index contributed by atoms with van der Waals surface area (Å²) in [5, 5.41) is 0. The Morgan fingerprint density at radius 2 is 1.68 bits per heavy atom. The Morgan fingerprint density at radius 1 is 0.968 bits per heavy atom. The zero-order chi connectivity index (χ0) is 21.8. The van der Waals surface area contributed by atoms with Gasteiger partial charge in [-0.1, -0.05) is 12.1 Å². The summed E-state index contributed by atoms with van der Waals surface area (Å²) in [6, 6.07) is 13.0. The number of fused-ring (bicyclic) bond motifs is 2. The first-order valence-electron chi connectivity index (χ1n) is 10.3. The summed E-state index contributed by atoms with van der Waals surface area (Å²) in [7, 11) is 1.36. The molecule has 164 valence electrons. The lowest BCUT2D eigenvalue weighted by atomic mass is 10.0. The Kier molecular flexibility index (Phi) is 4.82. The van der Waals surface area contributed by atoms with Gasteiger partial charge in [-0.3, -0.25) is 0 Å². The molecule has 0 amide bonds. The van der Waals surface area contributed by atoms with Crippen LogP contribution >= 0.6 is 0 Å². The molecule has 9 heteroatoms. The van der Waals surface area contributed by atoms with E-state index in [1.165, 1.54) is 20.3 Å². The lowest BCUT2D eigenvalue weighted by Crippen LogP contribution is -2.34. The minimum absolute atomic E-state index is 0.154. The van der Waals surface area contributed by atoms with Crippen molar-refractivity contribution in [2.75, 3.05) is 45.3 Å². The predicted octanol–water partition coefficient (Wildman–Crippen LogP) is 2.35. The van der Waals surface area contributed by atoms with E-state index in [1.54, 1.807) is 16.4 Å². The zero-order valence-electron chi connectivity index (χ0n) is 17.9. The summed E-state index contributed by atoms with van der Waals surface area (Å²) in [6.07, 6.45) is 0. The van der Waals surface area contributed by atoms with E-state index in [-0.39, 0.29) is 16.7 Å². The van der Waals surface area contributed by atoms with Gasteiger partial charge in [-0.05, 0) is 36.1 Å². The number of imidazole rings is 1. The predicted molar refractivity (Wildman–Crippen MR) is 118 cm³/mol. The Bertz CT molecular complexity index is 1230. The molecule has 8 nitrogen and oxygen atoms in total. The van der Waals surface area contributed by atoms with Crippen LogP contribution in [-0.4, -0.2) is 62.7 Å². The molecule has 2 aromatic carbocycles. The van der Waals surface area contributed by atoms with Crippen molar-refractivity contribution in [2.24, 2.45) is 18.9 Å². The van der Waals surface area contributed by atoms with Crippen LogP contribution < -0.4 is 14.4 Å². The summed E-state index contributed by atoms with van der Waals surface area (Å²) >= 11 is 0. The molecule has 0 radical (unpaired) electrons. The van der Waals surface area contributed by atoms with Gasteiger partial charge in [0.25, 0.3) is 0 Å². The summed E-state index contributed by atoms with van der Waals surface area (Å²) in [4.78, 5) is 7.24. The third-order valence-electron chi connectivity index (χ3n) is 6.49. The topological polar surface area (TPSA) is 76.9 Å². The van der Waals surface area contributed by atoms with Crippen LogP contribution in [0.15, 0.2) is 47.4 Å². The van der Waals surface area contributed by atoms with Crippen LogP contribution in [0.2, 0.25) is 0 Å². The van der Waals surface area contributed by atoms with E-state index >= 15 is 0 Å². The molecular formula is C22H26N4O4S. The van der Waals surface area contributed by atoms with Crippen LogP contribution in [0.25, 0.3) is 11.0 Å². The third kappa shape index (κ3) is 3.23. The maximum absolute atomic E-state index is 13.4. The number of sulfonamides is 1. The Labute approximate surface area is 182 Å². The fourth-order valence-electron chi connectivity index (χ4n) is 4.85. The largest absolute Gasteiger partial charge is 0.497 e. The number of hydrogen-bond donors (Lipinski definition) is 0. The van der Waals surface area contributed by atoms with Crippen molar-refractivity contribution in [3.63, 3.8) is 0 Å². The van der Waals surface area contributed by atoms with E-state index in [0.717, 1.165) is 30.1 Å². The van der Waals surface area contributed by atoms with E-state index in [2.05, 4.69) is 15.5 Å². The van der Waals surface area contributed by atoms with Gasteiger partial charge in [-0.2, -0.15) is 4.31 Å². The van der Waals surface area contributed by atoms with Crippen molar-refractivity contribution in [3.05, 3.63) is 42.5 Å². The van der Waals surface area contributed by atoms with E-state index in [0.29, 0.717) is 24.6 Å². The second kappa shape index (κ2) is 7.42. The molecule has 0 N–H and O–H groups in total. The molecule has 0 spiro atoms. The Balaban J connectivity index is 1.37. The number of rotatable bonds is 5. The zero-order valence-corrected chi connectivity index (χ0v) is 18.7. The number of anilines is 1. The van der Waals surface area contributed by atoms with Gasteiger partial charge >= 0.3 is 0 Å². The molecule has 2 saturated heterocycles. The van der Waals surface area contributed by atoms with Gasteiger partial charge in [0, 0.05) is 39.3 Å². The fraction of sp³-hybridized carbons (Fsp3) is 0.409. The molecule has 2 fully saturated rings. The molecule has 3 aromatic rings. The highest BCUT2D eigenvalue weighted by atomic mass is 32.2. The lowest BCUT2D eigenvalue weighted by molar-refractivity contribution is 0.387. The van der Waals surface area contributed by atoms with Crippen LogP contribution in [0.1, 0.15) is 0 Å². The molecule has 2 aliphatic heterocycles. The van der Waals surface area contributed by atoms with E-state index in [1.807, 2.05) is 25.2 Å². The number of nitrogens with zero attached hydrogens (tertiary/aromatic N) is 4. The first kappa shape index (κ1) is 20.1. The standard InChI is InChI=1S/C22H26N4O4S/c1-24-19-7-5-4-6-18(19)23-22(24)25-11-15-13-26(14-16(15)12-25)31(27,28)21-10-17(29-2)8-9-20(21)30-3/h4-10,15-16H,11-14H2,1-3H3. The van der Waals surface area contributed by atoms with Crippen molar-refractivity contribution >= 4 is 27.0 Å². The quantitative estimate of drug-likeness (QED) is 0.604. The number of methoxy groups -OCH3 is 2. The van der Waals surface area contributed by atoms with E-state index in [4.69, 9.17) is 14.5 Å². The Hall–Kier alpha value is -2.78. The van der Waals surface area contributed by atoms with Crippen LogP contribution in [0, 0.1) is 11.8 Å². The lowest BCUT2D eigenvalue weighted by Gasteiger charge is -2.23. The van der Waals surface area contributed by atoms with Crippen molar-refractivity contribution in [2.45, 2.75) is 4.90 Å². The summed E-state index contributed by atoms with van der Waals surface area (Å²) in [5.74, 6) is 2.31. The van der Waals surface area contributed by atoms with Crippen LogP contribution in [-0.2, 0) is 17.1 Å². The molecule has 0 saturated carbocycles. The van der Waals surface area contributed by atoms with Gasteiger partial charge in [0.05, 0.1) is 25.3 Å². The summed E-state index contributed by atoms with van der Waals surface area (Å²) in [6.45, 7) is 2.58. The highest BCUT2D eigenvalue weighted by molar-refractivity contribution is 7.89. The number of aromatic nitrogens is 2. The molecule has 2 atom stereocenters. The molecule has 2 unspecified atom stereocenters. The third-order valence-corrected chi connectivity index (χ3v) is 8.34. The SMILES string of the molecule is COc1ccc(OC)c(S(=O)(=O)N2CC3CN(c4nc5ccccc5n4C)CC3C2)c1. The average Bonchev–Trinajstić information content (AvgIpc) is 3.45. The minimum atomic E-state index is -3.68. The number of benzene rings is 2. The van der Waals surface area contributed by atoms with Gasteiger partial charge in [0.15, 0.2) is 0 Å². The van der Waals surface area contributed by atoms with Gasteiger partial charge in [0.1, 0.15) is 16.4 Å². The normalized spacial score (nSPS) is 21.6. The molecule has 0 aliphatic carbocycles. The molecular weight excluding hydrogens is 416 g/mol. The first-order valence-corrected chi connectivity index (χ1v) is 11.7. The molecule has 5 rings (SSSR count). The van der Waals surface area contributed by atoms with Crippen LogP contribution in [0.3, 0.4) is 0 Å². The van der Waals surface area contributed by atoms with Gasteiger partial charge in [-0.15, -0.1) is 0 Å². The van der Waals surface area contributed by atoms with Crippen molar-refractivity contribution < 1.29 is 17.9 Å². The molecule has 0 bridgehead atoms. The monoisotopic (exact) mass is 442 g/mol. The highest BCUT2D eigenvalue weighted by Crippen LogP contribution is 2.39. The number of aryl methyl sites for hydroxylation is 1. The van der Waals surface area contributed by atoms with Gasteiger partial charge < -0.3 is 18.9 Å². The van der Waals surface area contributed by atoms with Crippen molar-refractivity contribution in [1.82, 2.24) is 13.9 Å². The van der Waals surface area contributed by atoms with Crippen LogP contribution in [0.4, 0.5) is 5.95 Å².